The summed E-state index contributed by atoms with van der Waals surface area (Å²) < 4.78 is 21.0. The number of hydrogen-bond donors (Lipinski definition) is 1. The van der Waals surface area contributed by atoms with Crippen LogP contribution in [0.2, 0.25) is 10.0 Å². The fourth-order valence-electron chi connectivity index (χ4n) is 3.31. The van der Waals surface area contributed by atoms with Gasteiger partial charge in [-0.05, 0) is 42.5 Å². The number of fused-ring (bicyclic) bond motifs is 1. The molecule has 6 nitrogen and oxygen atoms in total. The van der Waals surface area contributed by atoms with Crippen LogP contribution in [0.5, 0.6) is 0 Å². The molecule has 0 aliphatic carbocycles. The molecule has 0 spiro atoms. The van der Waals surface area contributed by atoms with Gasteiger partial charge in [-0.1, -0.05) is 23.2 Å². The Morgan fingerprint density at radius 3 is 2.75 bits per heavy atom. The molecule has 158 valence electrons. The zero-order valence-corrected chi connectivity index (χ0v) is 17.7. The maximum Gasteiger partial charge on any atom is 0.273 e. The molecule has 0 aliphatic rings. The number of carbonyl (C=O) groups is 1. The summed E-state index contributed by atoms with van der Waals surface area (Å²) in [6.45, 7) is 0. The van der Waals surface area contributed by atoms with Crippen molar-refractivity contribution in [2.45, 2.75) is 0 Å². The number of amides is 1. The van der Waals surface area contributed by atoms with Crippen LogP contribution in [-0.2, 0) is 0 Å². The van der Waals surface area contributed by atoms with Crippen molar-refractivity contribution in [3.05, 3.63) is 94.9 Å². The highest BCUT2D eigenvalue weighted by Gasteiger charge is 2.19. The van der Waals surface area contributed by atoms with Gasteiger partial charge in [0.25, 0.3) is 5.91 Å². The normalized spacial score (nSPS) is 11.1. The van der Waals surface area contributed by atoms with Gasteiger partial charge in [0.05, 0.1) is 32.9 Å². The zero-order chi connectivity index (χ0) is 22.2. The molecular weight excluding hydrogens is 454 g/mol. The van der Waals surface area contributed by atoms with Crippen LogP contribution >= 0.6 is 23.2 Å². The number of nitrogens with one attached hydrogen (secondary N) is 1. The van der Waals surface area contributed by atoms with E-state index in [1.165, 1.54) is 10.7 Å². The fourth-order valence-corrected chi connectivity index (χ4v) is 3.86. The van der Waals surface area contributed by atoms with Crippen LogP contribution in [0.1, 0.15) is 10.4 Å². The van der Waals surface area contributed by atoms with Crippen LogP contribution in [0.4, 0.5) is 4.39 Å². The molecule has 0 unspecified atom stereocenters. The number of rotatable bonds is 4. The highest BCUT2D eigenvalue weighted by atomic mass is 35.5. The van der Waals surface area contributed by atoms with Gasteiger partial charge < -0.3 is 4.42 Å². The van der Waals surface area contributed by atoms with Gasteiger partial charge in [0.1, 0.15) is 11.6 Å². The maximum absolute atomic E-state index is 13.8. The highest BCUT2D eigenvalue weighted by molar-refractivity contribution is 6.40. The van der Waals surface area contributed by atoms with E-state index in [0.29, 0.717) is 16.8 Å². The molecule has 1 aromatic carbocycles. The first-order valence-corrected chi connectivity index (χ1v) is 10.2. The van der Waals surface area contributed by atoms with Gasteiger partial charge in [-0.15, -0.1) is 0 Å². The van der Waals surface area contributed by atoms with Crippen LogP contribution in [0.15, 0.2) is 77.9 Å². The van der Waals surface area contributed by atoms with Crippen molar-refractivity contribution in [2.24, 2.45) is 0 Å². The lowest BCUT2D eigenvalue weighted by Crippen LogP contribution is -2.23. The summed E-state index contributed by atoms with van der Waals surface area (Å²) in [5.41, 5.74) is 6.26. The number of hydrogen-bond acceptors (Lipinski definition) is 4. The summed E-state index contributed by atoms with van der Waals surface area (Å²) in [5, 5.41) is -0.294. The molecule has 0 fully saturated rings. The lowest BCUT2D eigenvalue weighted by atomic mass is 10.1. The first kappa shape index (κ1) is 20.2. The Morgan fingerprint density at radius 1 is 1.06 bits per heavy atom. The maximum atomic E-state index is 13.8. The minimum absolute atomic E-state index is 0.0468. The van der Waals surface area contributed by atoms with E-state index in [2.05, 4.69) is 15.4 Å². The molecule has 0 aliphatic heterocycles. The van der Waals surface area contributed by atoms with Gasteiger partial charge >= 0.3 is 0 Å². The molecule has 0 saturated heterocycles. The predicted octanol–water partition coefficient (Wildman–Crippen LogP) is 6.19. The van der Waals surface area contributed by atoms with Crippen molar-refractivity contribution in [3.8, 4) is 22.5 Å². The number of halogens is 3. The van der Waals surface area contributed by atoms with E-state index >= 15 is 0 Å². The number of benzene rings is 1. The molecule has 32 heavy (non-hydrogen) atoms. The van der Waals surface area contributed by atoms with E-state index in [9.17, 15) is 9.18 Å². The third kappa shape index (κ3) is 3.62. The summed E-state index contributed by atoms with van der Waals surface area (Å²) in [7, 11) is 0. The Kier molecular flexibility index (Phi) is 5.13. The van der Waals surface area contributed by atoms with Gasteiger partial charge in [-0.25, -0.2) is 4.39 Å². The second-order valence-electron chi connectivity index (χ2n) is 6.91. The molecule has 1 N–H and O–H groups in total. The van der Waals surface area contributed by atoms with Crippen LogP contribution in [-0.4, -0.2) is 20.6 Å². The van der Waals surface area contributed by atoms with Crippen molar-refractivity contribution in [2.75, 3.05) is 5.43 Å². The SMILES string of the molecule is O=C(Nn1ccc2ncc(-c3coc(-c4cccnc4)c3)cc21)c1c(Cl)ccc(F)c1Cl. The third-order valence-corrected chi connectivity index (χ3v) is 5.59. The Labute approximate surface area is 191 Å². The zero-order valence-electron chi connectivity index (χ0n) is 16.2. The van der Waals surface area contributed by atoms with E-state index in [1.54, 1.807) is 37.1 Å². The van der Waals surface area contributed by atoms with E-state index in [1.807, 2.05) is 24.3 Å². The summed E-state index contributed by atoms with van der Waals surface area (Å²) in [6, 6.07) is 11.6. The minimum atomic E-state index is -0.730. The van der Waals surface area contributed by atoms with Crippen LogP contribution in [0, 0.1) is 5.82 Å². The van der Waals surface area contributed by atoms with Crippen molar-refractivity contribution < 1.29 is 13.6 Å². The van der Waals surface area contributed by atoms with Gasteiger partial charge in [0.2, 0.25) is 0 Å². The first-order valence-electron chi connectivity index (χ1n) is 9.42. The Morgan fingerprint density at radius 2 is 1.94 bits per heavy atom. The molecular formula is C23H13Cl2FN4O2. The van der Waals surface area contributed by atoms with Crippen molar-refractivity contribution in [3.63, 3.8) is 0 Å². The summed E-state index contributed by atoms with van der Waals surface area (Å²) >= 11 is 12.0. The quantitative estimate of drug-likeness (QED) is 0.320. The number of pyridine rings is 2. The molecule has 5 rings (SSSR count). The summed E-state index contributed by atoms with van der Waals surface area (Å²) in [5.74, 6) is -0.705. The lowest BCUT2D eigenvalue weighted by Gasteiger charge is -2.11. The van der Waals surface area contributed by atoms with E-state index in [4.69, 9.17) is 27.6 Å². The van der Waals surface area contributed by atoms with E-state index in [-0.39, 0.29) is 15.6 Å². The Bertz CT molecular complexity index is 1460. The third-order valence-electron chi connectivity index (χ3n) is 4.91. The van der Waals surface area contributed by atoms with E-state index in [0.717, 1.165) is 22.8 Å². The second kappa shape index (κ2) is 8.11. The van der Waals surface area contributed by atoms with E-state index < -0.39 is 11.7 Å². The van der Waals surface area contributed by atoms with Gasteiger partial charge in [-0.3, -0.25) is 24.9 Å². The summed E-state index contributed by atoms with van der Waals surface area (Å²) in [4.78, 5) is 21.3. The number of furan rings is 1. The highest BCUT2D eigenvalue weighted by Crippen LogP contribution is 2.30. The van der Waals surface area contributed by atoms with Gasteiger partial charge in [0.15, 0.2) is 0 Å². The van der Waals surface area contributed by atoms with Crippen LogP contribution in [0.3, 0.4) is 0 Å². The van der Waals surface area contributed by atoms with Crippen LogP contribution in [0.25, 0.3) is 33.5 Å². The molecule has 9 heteroatoms. The average Bonchev–Trinajstić information content (AvgIpc) is 3.45. The van der Waals surface area contributed by atoms with Crippen molar-refractivity contribution in [1.29, 1.82) is 0 Å². The molecule has 0 saturated carbocycles. The summed E-state index contributed by atoms with van der Waals surface area (Å²) in [6.07, 6.45) is 8.39. The largest absolute Gasteiger partial charge is 0.464 e. The molecule has 4 aromatic heterocycles. The van der Waals surface area contributed by atoms with Crippen molar-refractivity contribution >= 4 is 40.1 Å². The standard InChI is InChI=1S/C23H13Cl2FN4O2/c24-16-3-4-17(26)22(25)21(16)23(31)29-30-7-5-18-19(30)8-14(11-28-18)15-9-20(32-12-15)13-2-1-6-27-10-13/h1-12H,(H,29,31). The van der Waals surface area contributed by atoms with Gasteiger partial charge in [-0.2, -0.15) is 0 Å². The molecule has 4 heterocycles. The molecule has 0 atom stereocenters. The number of carbonyl (C=O) groups excluding carboxylic acids is 1. The van der Waals surface area contributed by atoms with Gasteiger partial charge in [0, 0.05) is 41.5 Å². The Balaban J connectivity index is 1.48. The molecule has 5 aromatic rings. The topological polar surface area (TPSA) is 73.0 Å². The Hall–Kier alpha value is -3.68. The monoisotopic (exact) mass is 466 g/mol. The molecule has 1 amide bonds. The average molecular weight is 467 g/mol. The van der Waals surface area contributed by atoms with Crippen LogP contribution < -0.4 is 5.43 Å². The lowest BCUT2D eigenvalue weighted by molar-refractivity contribution is 0.101. The number of aromatic nitrogens is 3. The first-order chi connectivity index (χ1) is 15.5. The molecule has 0 bridgehead atoms. The van der Waals surface area contributed by atoms with Crippen molar-refractivity contribution in [1.82, 2.24) is 14.6 Å². The minimum Gasteiger partial charge on any atom is -0.464 e. The molecule has 0 radical (unpaired) electrons. The smallest absolute Gasteiger partial charge is 0.273 e. The fraction of sp³-hybridized carbons (Fsp3) is 0. The second-order valence-corrected chi connectivity index (χ2v) is 7.70. The number of nitrogens with zero attached hydrogens (tertiary/aromatic N) is 3. The predicted molar refractivity (Wildman–Crippen MR) is 121 cm³/mol.